The van der Waals surface area contributed by atoms with E-state index in [9.17, 15) is 5.11 Å². The second-order valence-electron chi connectivity index (χ2n) is 4.00. The predicted octanol–water partition coefficient (Wildman–Crippen LogP) is 4.53. The topological polar surface area (TPSA) is 45.1 Å². The summed E-state index contributed by atoms with van der Waals surface area (Å²) >= 11 is 1.59. The van der Waals surface area contributed by atoms with Crippen molar-refractivity contribution >= 4 is 21.6 Å². The Hall–Kier alpha value is -1.91. The van der Waals surface area contributed by atoms with Crippen molar-refractivity contribution in [1.82, 2.24) is 10.3 Å². The van der Waals surface area contributed by atoms with Gasteiger partial charge in [0.1, 0.15) is 10.8 Å². The molecule has 112 valence electrons. The van der Waals surface area contributed by atoms with E-state index < -0.39 is 0 Å². The van der Waals surface area contributed by atoms with E-state index in [1.165, 1.54) is 0 Å². The van der Waals surface area contributed by atoms with Gasteiger partial charge in [0.2, 0.25) is 0 Å². The van der Waals surface area contributed by atoms with E-state index in [4.69, 9.17) is 0 Å². The van der Waals surface area contributed by atoms with Crippen molar-refractivity contribution in [3.05, 3.63) is 48.5 Å². The molecule has 4 heteroatoms. The molecule has 1 aromatic heterocycles. The van der Waals surface area contributed by atoms with Crippen LogP contribution in [0.25, 0.3) is 20.8 Å². The highest BCUT2D eigenvalue weighted by Crippen LogP contribution is 2.34. The minimum atomic E-state index is 0.279. The highest BCUT2D eigenvalue weighted by atomic mass is 32.1. The lowest BCUT2D eigenvalue weighted by Crippen LogP contribution is -1.89. The quantitative estimate of drug-likeness (QED) is 0.694. The van der Waals surface area contributed by atoms with Crippen molar-refractivity contribution in [2.45, 2.75) is 13.8 Å². The number of rotatable bonds is 1. The Kier molecular flexibility index (Phi) is 7.43. The Morgan fingerprint density at radius 3 is 2.14 bits per heavy atom. The molecule has 0 saturated heterocycles. The fourth-order valence-electron chi connectivity index (χ4n) is 1.64. The molecule has 0 aliphatic carbocycles. The Labute approximate surface area is 130 Å². The Morgan fingerprint density at radius 1 is 0.952 bits per heavy atom. The van der Waals surface area contributed by atoms with Crippen LogP contribution in [0.2, 0.25) is 0 Å². The lowest BCUT2D eigenvalue weighted by atomic mass is 10.2. The Bertz CT molecular complexity index is 631. The van der Waals surface area contributed by atoms with Crippen LogP contribution >= 0.6 is 11.3 Å². The summed E-state index contributed by atoms with van der Waals surface area (Å²) in [4.78, 5) is 4.50. The van der Waals surface area contributed by atoms with Crippen LogP contribution in [-0.4, -0.2) is 24.2 Å². The third kappa shape index (κ3) is 4.55. The van der Waals surface area contributed by atoms with Gasteiger partial charge in [0.25, 0.3) is 0 Å². The van der Waals surface area contributed by atoms with Gasteiger partial charge in [-0.3, -0.25) is 0 Å². The molecular formula is C17H22N2OS. The molecule has 0 bridgehead atoms. The molecule has 0 atom stereocenters. The van der Waals surface area contributed by atoms with Crippen molar-refractivity contribution < 1.29 is 5.11 Å². The normalized spacial score (nSPS) is 9.33. The van der Waals surface area contributed by atoms with Crippen LogP contribution in [0.5, 0.6) is 5.75 Å². The molecule has 0 radical (unpaired) electrons. The van der Waals surface area contributed by atoms with Crippen LogP contribution in [0.4, 0.5) is 0 Å². The van der Waals surface area contributed by atoms with Gasteiger partial charge >= 0.3 is 0 Å². The van der Waals surface area contributed by atoms with Gasteiger partial charge in [-0.25, -0.2) is 4.98 Å². The van der Waals surface area contributed by atoms with E-state index in [1.54, 1.807) is 17.4 Å². The van der Waals surface area contributed by atoms with Crippen molar-refractivity contribution in [2.24, 2.45) is 0 Å². The predicted molar refractivity (Wildman–Crippen MR) is 93.1 cm³/mol. The average Bonchev–Trinajstić information content (AvgIpc) is 2.94. The largest absolute Gasteiger partial charge is 0.507 e. The number of nitrogens with one attached hydrogen (secondary N) is 1. The third-order valence-corrected chi connectivity index (χ3v) is 3.50. The molecule has 2 N–H and O–H groups in total. The van der Waals surface area contributed by atoms with Gasteiger partial charge in [-0.2, -0.15) is 0 Å². The number of para-hydroxylation sites is 2. The molecule has 0 unspecified atom stereocenters. The van der Waals surface area contributed by atoms with E-state index in [0.29, 0.717) is 0 Å². The van der Waals surface area contributed by atoms with Crippen LogP contribution in [0.15, 0.2) is 48.5 Å². The standard InChI is InChI=1S/C13H9NOS.C2H7N.C2H6/c15-11-7-3-1-5-9(11)13-14-10-6-2-4-8-12(10)16-13;1-3-2;1-2/h1-8,15H;3H,1-2H3;1-2H3. The summed E-state index contributed by atoms with van der Waals surface area (Å²) < 4.78 is 1.14. The van der Waals surface area contributed by atoms with Gasteiger partial charge in [0, 0.05) is 0 Å². The first-order valence-electron chi connectivity index (χ1n) is 6.98. The first-order chi connectivity index (χ1) is 10.3. The zero-order valence-electron chi connectivity index (χ0n) is 12.9. The van der Waals surface area contributed by atoms with Gasteiger partial charge < -0.3 is 10.4 Å². The van der Waals surface area contributed by atoms with Crippen LogP contribution in [0.3, 0.4) is 0 Å². The first kappa shape index (κ1) is 17.1. The number of hydrogen-bond acceptors (Lipinski definition) is 4. The molecule has 2 aromatic carbocycles. The monoisotopic (exact) mass is 302 g/mol. The maximum absolute atomic E-state index is 9.76. The molecule has 0 saturated carbocycles. The summed E-state index contributed by atoms with van der Waals surface area (Å²) in [6.07, 6.45) is 0. The Morgan fingerprint density at radius 2 is 1.52 bits per heavy atom. The van der Waals surface area contributed by atoms with Crippen LogP contribution in [0, 0.1) is 0 Å². The first-order valence-corrected chi connectivity index (χ1v) is 7.80. The van der Waals surface area contributed by atoms with Crippen LogP contribution in [0.1, 0.15) is 13.8 Å². The number of hydrogen-bond donors (Lipinski definition) is 2. The van der Waals surface area contributed by atoms with Crippen molar-refractivity contribution in [3.8, 4) is 16.3 Å². The molecule has 3 aromatic rings. The van der Waals surface area contributed by atoms with Crippen molar-refractivity contribution in [1.29, 1.82) is 0 Å². The average molecular weight is 302 g/mol. The molecule has 1 heterocycles. The van der Waals surface area contributed by atoms with Gasteiger partial charge in [-0.05, 0) is 38.4 Å². The second-order valence-corrected chi connectivity index (χ2v) is 5.03. The van der Waals surface area contributed by atoms with Gasteiger partial charge in [0.05, 0.1) is 15.8 Å². The number of nitrogens with zero attached hydrogens (tertiary/aromatic N) is 1. The lowest BCUT2D eigenvalue weighted by Gasteiger charge is -1.98. The van der Waals surface area contributed by atoms with Crippen LogP contribution in [-0.2, 0) is 0 Å². The molecule has 0 aliphatic rings. The molecule has 3 rings (SSSR count). The number of fused-ring (bicyclic) bond motifs is 1. The maximum Gasteiger partial charge on any atom is 0.128 e. The molecule has 0 amide bonds. The van der Waals surface area contributed by atoms with Crippen molar-refractivity contribution in [2.75, 3.05) is 14.1 Å². The number of benzene rings is 2. The number of aromatic hydroxyl groups is 1. The Balaban J connectivity index is 0.000000395. The summed E-state index contributed by atoms with van der Waals surface area (Å²) in [5.74, 6) is 0.279. The molecule has 3 nitrogen and oxygen atoms in total. The summed E-state index contributed by atoms with van der Waals surface area (Å²) in [6, 6.07) is 15.3. The number of phenols is 1. The molecular weight excluding hydrogens is 280 g/mol. The van der Waals surface area contributed by atoms with E-state index >= 15 is 0 Å². The number of phenolic OH excluding ortho intramolecular Hbond substituents is 1. The summed E-state index contributed by atoms with van der Waals surface area (Å²) in [5.41, 5.74) is 1.77. The molecule has 0 fully saturated rings. The van der Waals surface area contributed by atoms with Crippen molar-refractivity contribution in [3.63, 3.8) is 0 Å². The van der Waals surface area contributed by atoms with E-state index in [2.05, 4.69) is 10.3 Å². The molecule has 21 heavy (non-hydrogen) atoms. The van der Waals surface area contributed by atoms with Gasteiger partial charge in [0.15, 0.2) is 0 Å². The van der Waals surface area contributed by atoms with E-state index in [0.717, 1.165) is 20.8 Å². The third-order valence-electron chi connectivity index (χ3n) is 2.43. The van der Waals surface area contributed by atoms with Crippen LogP contribution < -0.4 is 5.32 Å². The SMILES string of the molecule is CC.CNC.Oc1ccccc1-c1nc2ccccc2s1. The van der Waals surface area contributed by atoms with E-state index in [-0.39, 0.29) is 5.75 Å². The minimum Gasteiger partial charge on any atom is -0.507 e. The highest BCUT2D eigenvalue weighted by Gasteiger charge is 2.08. The lowest BCUT2D eigenvalue weighted by molar-refractivity contribution is 0.477. The summed E-state index contributed by atoms with van der Waals surface area (Å²) in [7, 11) is 3.75. The smallest absolute Gasteiger partial charge is 0.128 e. The zero-order chi connectivity index (χ0) is 15.7. The molecule has 0 spiro atoms. The van der Waals surface area contributed by atoms with E-state index in [1.807, 2.05) is 70.4 Å². The van der Waals surface area contributed by atoms with Gasteiger partial charge in [-0.1, -0.05) is 38.1 Å². The van der Waals surface area contributed by atoms with Gasteiger partial charge in [-0.15, -0.1) is 11.3 Å². The fourth-order valence-corrected chi connectivity index (χ4v) is 2.64. The summed E-state index contributed by atoms with van der Waals surface area (Å²) in [5, 5.41) is 13.4. The highest BCUT2D eigenvalue weighted by molar-refractivity contribution is 7.21. The fraction of sp³-hybridized carbons (Fsp3) is 0.235. The summed E-state index contributed by atoms with van der Waals surface area (Å²) in [6.45, 7) is 4.00. The number of thiazole rings is 1. The minimum absolute atomic E-state index is 0.279. The number of aromatic nitrogens is 1. The maximum atomic E-state index is 9.76. The second kappa shape index (κ2) is 9.10. The zero-order valence-corrected chi connectivity index (χ0v) is 13.7. The molecule has 0 aliphatic heterocycles.